The van der Waals surface area contributed by atoms with Gasteiger partial charge in [-0.1, -0.05) is 19.4 Å². The van der Waals surface area contributed by atoms with Gasteiger partial charge in [0.1, 0.15) is 6.29 Å². The smallest absolute Gasteiger partial charge is 0.199 e. The number of benzene rings is 1. The van der Waals surface area contributed by atoms with E-state index >= 15 is 0 Å². The summed E-state index contributed by atoms with van der Waals surface area (Å²) in [4.78, 5) is 16.6. The highest BCUT2D eigenvalue weighted by Crippen LogP contribution is 2.24. The molecule has 1 aliphatic heterocycles. The minimum absolute atomic E-state index is 0.419. The molecule has 19 heavy (non-hydrogen) atoms. The fraction of sp³-hybridized carbons (Fsp3) is 0.467. The van der Waals surface area contributed by atoms with E-state index in [1.807, 2.05) is 6.07 Å². The number of nitrogens with one attached hydrogen (secondary N) is 1. The van der Waals surface area contributed by atoms with Gasteiger partial charge in [-0.05, 0) is 25.1 Å². The number of hydrogen-bond donors (Lipinski definition) is 1. The van der Waals surface area contributed by atoms with E-state index in [9.17, 15) is 4.79 Å². The first-order valence-corrected chi connectivity index (χ1v) is 6.72. The van der Waals surface area contributed by atoms with Crippen LogP contribution in [-0.4, -0.2) is 36.9 Å². The van der Waals surface area contributed by atoms with E-state index < -0.39 is 0 Å². The first-order valence-electron chi connectivity index (χ1n) is 6.72. The van der Waals surface area contributed by atoms with Crippen LogP contribution in [0.25, 0.3) is 4.85 Å². The molecule has 0 unspecified atom stereocenters. The maximum atomic E-state index is 10.8. The molecule has 1 heterocycles. The van der Waals surface area contributed by atoms with E-state index in [1.165, 1.54) is 19.4 Å². The number of hydrogen-bond acceptors (Lipinski definition) is 3. The third-order valence-corrected chi connectivity index (χ3v) is 3.43. The number of unbranched alkanes of at least 4 members (excludes halogenated alkanes) is 1. The van der Waals surface area contributed by atoms with Gasteiger partial charge in [-0.3, -0.25) is 9.69 Å². The van der Waals surface area contributed by atoms with Gasteiger partial charge >= 0.3 is 0 Å². The van der Waals surface area contributed by atoms with Crippen molar-refractivity contribution in [3.05, 3.63) is 35.2 Å². The number of nitrogens with zero attached hydrogens (tertiary/aromatic N) is 2. The van der Waals surface area contributed by atoms with Crippen LogP contribution in [0.3, 0.4) is 0 Å². The average molecular weight is 257 g/mol. The molecule has 0 saturated carbocycles. The molecule has 2 rings (SSSR count). The van der Waals surface area contributed by atoms with Crippen molar-refractivity contribution in [2.75, 3.05) is 25.0 Å². The van der Waals surface area contributed by atoms with Crippen molar-refractivity contribution < 1.29 is 4.79 Å². The fourth-order valence-electron chi connectivity index (χ4n) is 2.29. The molecule has 0 aliphatic carbocycles. The Morgan fingerprint density at radius 1 is 1.53 bits per heavy atom. The van der Waals surface area contributed by atoms with E-state index in [0.717, 1.165) is 25.1 Å². The molecule has 1 aromatic rings. The summed E-state index contributed by atoms with van der Waals surface area (Å²) >= 11 is 0. The summed E-state index contributed by atoms with van der Waals surface area (Å²) in [5.74, 6) is 0. The van der Waals surface area contributed by atoms with E-state index in [4.69, 9.17) is 6.57 Å². The zero-order chi connectivity index (χ0) is 13.7. The summed E-state index contributed by atoms with van der Waals surface area (Å²) in [6.45, 7) is 12.6. The maximum absolute atomic E-state index is 10.8. The third kappa shape index (κ3) is 3.33. The average Bonchev–Trinajstić information content (AvgIpc) is 2.40. The van der Waals surface area contributed by atoms with Gasteiger partial charge in [0, 0.05) is 24.3 Å². The largest absolute Gasteiger partial charge is 0.381 e. The molecule has 0 atom stereocenters. The van der Waals surface area contributed by atoms with Crippen molar-refractivity contribution in [3.63, 3.8) is 0 Å². The second kappa shape index (κ2) is 6.35. The molecule has 100 valence electrons. The standard InChI is InChI=1S/C15H19N3O/c1-3-4-7-18-9-14(10-18)17-13-6-5-12(11-19)15(8-13)16-2/h5-6,8,11,14,17H,3-4,7,9-10H2,1H3. The summed E-state index contributed by atoms with van der Waals surface area (Å²) < 4.78 is 0. The predicted molar refractivity (Wildman–Crippen MR) is 76.9 cm³/mol. The monoisotopic (exact) mass is 257 g/mol. The first-order chi connectivity index (χ1) is 9.26. The number of carbonyl (C=O) groups excluding carboxylic acids is 1. The van der Waals surface area contributed by atoms with Gasteiger partial charge in [-0.25, -0.2) is 4.85 Å². The van der Waals surface area contributed by atoms with Gasteiger partial charge in [-0.2, -0.15) is 0 Å². The van der Waals surface area contributed by atoms with Gasteiger partial charge < -0.3 is 5.32 Å². The normalized spacial score (nSPS) is 15.6. The molecule has 1 aliphatic rings. The molecular formula is C15H19N3O. The predicted octanol–water partition coefficient (Wildman–Crippen LogP) is 2.95. The maximum Gasteiger partial charge on any atom is 0.199 e. The van der Waals surface area contributed by atoms with Gasteiger partial charge in [0.25, 0.3) is 0 Å². The van der Waals surface area contributed by atoms with Crippen LogP contribution in [0, 0.1) is 6.57 Å². The highest BCUT2D eigenvalue weighted by molar-refractivity contribution is 5.86. The number of anilines is 1. The Hall–Kier alpha value is -1.86. The van der Waals surface area contributed by atoms with Gasteiger partial charge in [0.15, 0.2) is 5.69 Å². The molecule has 1 N–H and O–H groups in total. The van der Waals surface area contributed by atoms with Crippen molar-refractivity contribution in [3.8, 4) is 0 Å². The van der Waals surface area contributed by atoms with Gasteiger partial charge in [0.05, 0.1) is 12.6 Å². The molecule has 1 aromatic carbocycles. The Bertz CT molecular complexity index is 487. The fourth-order valence-corrected chi connectivity index (χ4v) is 2.29. The lowest BCUT2D eigenvalue weighted by atomic mass is 10.1. The first kappa shape index (κ1) is 13.6. The number of aldehydes is 1. The second-order valence-corrected chi connectivity index (χ2v) is 4.96. The number of likely N-dealkylation sites (tertiary alicyclic amines) is 1. The van der Waals surface area contributed by atoms with Crippen LogP contribution in [0.15, 0.2) is 18.2 Å². The van der Waals surface area contributed by atoms with E-state index in [-0.39, 0.29) is 0 Å². The quantitative estimate of drug-likeness (QED) is 0.629. The molecule has 4 heteroatoms. The molecule has 0 radical (unpaired) electrons. The highest BCUT2D eigenvalue weighted by Gasteiger charge is 2.25. The van der Waals surface area contributed by atoms with Crippen LogP contribution in [0.2, 0.25) is 0 Å². The minimum Gasteiger partial charge on any atom is -0.381 e. The van der Waals surface area contributed by atoms with Crippen molar-refractivity contribution in [2.24, 2.45) is 0 Å². The Balaban J connectivity index is 1.88. The van der Waals surface area contributed by atoms with Crippen LogP contribution < -0.4 is 5.32 Å². The summed E-state index contributed by atoms with van der Waals surface area (Å²) in [6, 6.07) is 5.78. The van der Waals surface area contributed by atoms with E-state index in [1.54, 1.807) is 12.1 Å². The molecule has 0 bridgehead atoms. The Morgan fingerprint density at radius 2 is 2.32 bits per heavy atom. The van der Waals surface area contributed by atoms with Crippen LogP contribution in [-0.2, 0) is 0 Å². The number of rotatable bonds is 6. The lowest BCUT2D eigenvalue weighted by molar-refractivity contribution is 0.112. The highest BCUT2D eigenvalue weighted by atomic mass is 16.1. The van der Waals surface area contributed by atoms with Gasteiger partial charge in [-0.15, -0.1) is 0 Å². The topological polar surface area (TPSA) is 36.7 Å². The van der Waals surface area contributed by atoms with E-state index in [2.05, 4.69) is 22.0 Å². The molecular weight excluding hydrogens is 238 g/mol. The molecule has 0 spiro atoms. The second-order valence-electron chi connectivity index (χ2n) is 4.96. The SMILES string of the molecule is [C-]#[N+]c1cc(NC2CN(CCCC)C2)ccc1C=O. The Morgan fingerprint density at radius 3 is 2.95 bits per heavy atom. The Labute approximate surface area is 114 Å². The molecule has 1 fully saturated rings. The van der Waals surface area contributed by atoms with Crippen molar-refractivity contribution in [2.45, 2.75) is 25.8 Å². The van der Waals surface area contributed by atoms with Crippen LogP contribution in [0.1, 0.15) is 30.1 Å². The van der Waals surface area contributed by atoms with Crippen LogP contribution in [0.5, 0.6) is 0 Å². The zero-order valence-electron chi connectivity index (χ0n) is 11.2. The number of carbonyl (C=O) groups is 1. The van der Waals surface area contributed by atoms with Crippen LogP contribution >= 0.6 is 0 Å². The van der Waals surface area contributed by atoms with Crippen molar-refractivity contribution >= 4 is 17.7 Å². The zero-order valence-corrected chi connectivity index (χ0v) is 11.2. The molecule has 1 saturated heterocycles. The summed E-state index contributed by atoms with van der Waals surface area (Å²) in [7, 11) is 0. The van der Waals surface area contributed by atoms with Crippen molar-refractivity contribution in [1.82, 2.24) is 4.90 Å². The summed E-state index contributed by atoms with van der Waals surface area (Å²) in [6.07, 6.45) is 3.21. The van der Waals surface area contributed by atoms with Gasteiger partial charge in [0.2, 0.25) is 0 Å². The molecule has 4 nitrogen and oxygen atoms in total. The minimum atomic E-state index is 0.419. The van der Waals surface area contributed by atoms with Crippen molar-refractivity contribution in [1.29, 1.82) is 0 Å². The Kier molecular flexibility index (Phi) is 4.53. The van der Waals surface area contributed by atoms with Crippen LogP contribution in [0.4, 0.5) is 11.4 Å². The lowest BCUT2D eigenvalue weighted by Crippen LogP contribution is -2.54. The lowest BCUT2D eigenvalue weighted by Gasteiger charge is -2.40. The summed E-state index contributed by atoms with van der Waals surface area (Å²) in [5.41, 5.74) is 1.80. The molecule has 0 amide bonds. The third-order valence-electron chi connectivity index (χ3n) is 3.43. The molecule has 0 aromatic heterocycles. The van der Waals surface area contributed by atoms with E-state index in [0.29, 0.717) is 17.3 Å². The summed E-state index contributed by atoms with van der Waals surface area (Å²) in [5, 5.41) is 3.41.